The normalized spacial score (nSPS) is 8.47. The summed E-state index contributed by atoms with van der Waals surface area (Å²) in [6, 6.07) is 9.66. The first kappa shape index (κ1) is 14.0. The van der Waals surface area contributed by atoms with E-state index in [1.165, 1.54) is 6.20 Å². The minimum atomic E-state index is -0.231. The van der Waals surface area contributed by atoms with E-state index in [0.717, 1.165) is 0 Å². The van der Waals surface area contributed by atoms with Gasteiger partial charge in [-0.1, -0.05) is 10.9 Å². The van der Waals surface area contributed by atoms with Crippen LogP contribution >= 0.6 is 0 Å². The van der Waals surface area contributed by atoms with Crippen LogP contribution in [0.2, 0.25) is 0 Å². The molecule has 1 aromatic carbocycles. The van der Waals surface area contributed by atoms with Crippen LogP contribution in [0.4, 0.5) is 0 Å². The number of benzene rings is 1. The predicted octanol–water partition coefficient (Wildman–Crippen LogP) is 1.65. The second kappa shape index (κ2) is 5.80. The van der Waals surface area contributed by atoms with E-state index < -0.39 is 0 Å². The zero-order valence-corrected chi connectivity index (χ0v) is 11.1. The van der Waals surface area contributed by atoms with E-state index in [9.17, 15) is 4.79 Å². The van der Waals surface area contributed by atoms with Crippen LogP contribution in [0.5, 0.6) is 0 Å². The number of hydrogen-bond acceptors (Lipinski definition) is 2. The van der Waals surface area contributed by atoms with Gasteiger partial charge in [0.2, 0.25) is 0 Å². The third kappa shape index (κ3) is 2.53. The van der Waals surface area contributed by atoms with Gasteiger partial charge < -0.3 is 12.4 Å². The molecule has 0 unspecified atom stereocenters. The average Bonchev–Trinajstić information content (AvgIpc) is 2.19. The number of fused-ring (bicyclic) bond motifs is 1. The molecule has 73 valence electrons. The molecule has 4 heteroatoms. The van der Waals surface area contributed by atoms with Crippen molar-refractivity contribution >= 4 is 10.9 Å². The monoisotopic (exact) mass is 273 g/mol. The molecule has 1 N–H and O–H groups in total. The summed E-state index contributed by atoms with van der Waals surface area (Å²) in [5.74, 6) is 0. The Morgan fingerprint density at radius 3 is 2.87 bits per heavy atom. The molecule has 0 saturated heterocycles. The van der Waals surface area contributed by atoms with E-state index in [0.29, 0.717) is 10.9 Å². The van der Waals surface area contributed by atoms with Crippen molar-refractivity contribution in [3.8, 4) is 6.07 Å². The number of nitriles is 1. The summed E-state index contributed by atoms with van der Waals surface area (Å²) < 4.78 is 0. The molecule has 0 amide bonds. The number of nitrogens with zero attached hydrogens (tertiary/aromatic N) is 1. The predicted molar refractivity (Wildman–Crippen MR) is 54.5 cm³/mol. The Morgan fingerprint density at radius 2 is 2.20 bits per heavy atom. The number of aromatic nitrogens is 1. The quantitative estimate of drug-likeness (QED) is 0.742. The van der Waals surface area contributed by atoms with Crippen LogP contribution in [0, 0.1) is 24.8 Å². The van der Waals surface area contributed by atoms with Gasteiger partial charge in [0, 0.05) is 38.9 Å². The number of H-pyrrole nitrogens is 1. The largest absolute Gasteiger partial charge is 0.413 e. The molecule has 0 aliphatic carbocycles. The standard InChI is InChI=1S/C10H5N2O.CH3.Y/c11-5-7-6-12-9-4-2-1-3-8(9)10(7)13;;/h1,3-4,6H,(H,12,13);1H3;/q2*-1;. The molecule has 1 radical (unpaired) electrons. The SMILES string of the molecule is N#Cc1c[nH]c2c[c-]ccc2c1=O.[CH3-].[Y]. The van der Waals surface area contributed by atoms with Crippen LogP contribution in [-0.4, -0.2) is 4.98 Å². The van der Waals surface area contributed by atoms with Gasteiger partial charge >= 0.3 is 0 Å². The van der Waals surface area contributed by atoms with Gasteiger partial charge in [0.15, 0.2) is 5.43 Å². The minimum Gasteiger partial charge on any atom is -0.413 e. The maximum Gasteiger partial charge on any atom is 0.183 e. The van der Waals surface area contributed by atoms with E-state index in [1.807, 2.05) is 6.07 Å². The van der Waals surface area contributed by atoms with Crippen LogP contribution in [0.15, 0.2) is 29.2 Å². The zero-order chi connectivity index (χ0) is 9.26. The third-order valence-corrected chi connectivity index (χ3v) is 1.85. The van der Waals surface area contributed by atoms with E-state index in [4.69, 9.17) is 5.26 Å². The summed E-state index contributed by atoms with van der Waals surface area (Å²) in [5.41, 5.74) is 0.607. The summed E-state index contributed by atoms with van der Waals surface area (Å²) in [5, 5.41) is 9.13. The van der Waals surface area contributed by atoms with Crippen molar-refractivity contribution in [1.29, 1.82) is 5.26 Å². The smallest absolute Gasteiger partial charge is 0.183 e. The summed E-state index contributed by atoms with van der Waals surface area (Å²) >= 11 is 0. The number of pyridine rings is 1. The zero-order valence-electron chi connectivity index (χ0n) is 8.24. The summed E-state index contributed by atoms with van der Waals surface area (Å²) in [7, 11) is 0. The number of aromatic amines is 1. The van der Waals surface area contributed by atoms with Crippen molar-refractivity contribution in [2.75, 3.05) is 0 Å². The van der Waals surface area contributed by atoms with Crippen LogP contribution in [0.3, 0.4) is 0 Å². The van der Waals surface area contributed by atoms with Gasteiger partial charge in [0.05, 0.1) is 0 Å². The van der Waals surface area contributed by atoms with E-state index in [1.54, 1.807) is 18.2 Å². The molecule has 0 spiro atoms. The van der Waals surface area contributed by atoms with Crippen molar-refractivity contribution in [1.82, 2.24) is 4.98 Å². The summed E-state index contributed by atoms with van der Waals surface area (Å²) in [4.78, 5) is 14.4. The molecule has 0 aliphatic heterocycles. The molecule has 0 atom stereocenters. The average molecular weight is 273 g/mol. The van der Waals surface area contributed by atoms with Crippen molar-refractivity contribution in [2.24, 2.45) is 0 Å². The Hall–Kier alpha value is -0.976. The Labute approximate surface area is 113 Å². The van der Waals surface area contributed by atoms with Gasteiger partial charge in [0.1, 0.15) is 11.6 Å². The van der Waals surface area contributed by atoms with Gasteiger partial charge in [-0.2, -0.15) is 29.5 Å². The maximum absolute atomic E-state index is 11.5. The van der Waals surface area contributed by atoms with E-state index in [2.05, 4.69) is 11.1 Å². The molecule has 0 fully saturated rings. The van der Waals surface area contributed by atoms with E-state index in [-0.39, 0.29) is 51.1 Å². The first-order valence-electron chi connectivity index (χ1n) is 3.74. The molecule has 2 rings (SSSR count). The Balaban J connectivity index is 0.000000980. The van der Waals surface area contributed by atoms with Crippen molar-refractivity contribution in [3.63, 3.8) is 0 Å². The van der Waals surface area contributed by atoms with Gasteiger partial charge in [0.25, 0.3) is 0 Å². The molecule has 0 saturated carbocycles. The second-order valence-corrected chi connectivity index (χ2v) is 2.61. The van der Waals surface area contributed by atoms with Crippen molar-refractivity contribution < 1.29 is 32.7 Å². The third-order valence-electron chi connectivity index (χ3n) is 1.85. The van der Waals surface area contributed by atoms with Crippen molar-refractivity contribution in [3.05, 3.63) is 53.7 Å². The second-order valence-electron chi connectivity index (χ2n) is 2.61. The molecule has 15 heavy (non-hydrogen) atoms. The fraction of sp³-hybridized carbons (Fsp3) is 0. The fourth-order valence-corrected chi connectivity index (χ4v) is 1.19. The first-order valence-corrected chi connectivity index (χ1v) is 3.74. The van der Waals surface area contributed by atoms with Crippen LogP contribution in [-0.2, 0) is 32.7 Å². The molecule has 0 bridgehead atoms. The molecule has 3 nitrogen and oxygen atoms in total. The number of nitrogens with one attached hydrogen (secondary N) is 1. The first-order chi connectivity index (χ1) is 6.33. The Morgan fingerprint density at radius 1 is 1.47 bits per heavy atom. The van der Waals surface area contributed by atoms with Gasteiger partial charge in [-0.3, -0.25) is 4.79 Å². The number of hydrogen-bond donors (Lipinski definition) is 1. The molecule has 2 aromatic rings. The Bertz CT molecular complexity index is 554. The molecule has 0 aliphatic rings. The summed E-state index contributed by atoms with van der Waals surface area (Å²) in [6.07, 6.45) is 1.42. The van der Waals surface area contributed by atoms with E-state index >= 15 is 0 Å². The Kier molecular flexibility index (Phi) is 5.42. The fourth-order valence-electron chi connectivity index (χ4n) is 1.19. The molecule has 1 aromatic heterocycles. The minimum absolute atomic E-state index is 0. The van der Waals surface area contributed by atoms with Gasteiger partial charge in [-0.25, -0.2) is 0 Å². The van der Waals surface area contributed by atoms with Crippen LogP contribution in [0.25, 0.3) is 10.9 Å². The maximum atomic E-state index is 11.5. The summed E-state index contributed by atoms with van der Waals surface area (Å²) in [6.45, 7) is 0. The molecule has 1 heterocycles. The number of rotatable bonds is 0. The van der Waals surface area contributed by atoms with Crippen molar-refractivity contribution in [2.45, 2.75) is 0 Å². The van der Waals surface area contributed by atoms with Gasteiger partial charge in [-0.15, -0.1) is 0 Å². The molecular weight excluding hydrogens is 265 g/mol. The van der Waals surface area contributed by atoms with Gasteiger partial charge in [-0.05, 0) is 0 Å². The van der Waals surface area contributed by atoms with Crippen LogP contribution in [0.1, 0.15) is 5.56 Å². The molecular formula is C11H8N2OY-2. The van der Waals surface area contributed by atoms with Crippen LogP contribution < -0.4 is 5.43 Å². The topological polar surface area (TPSA) is 56.6 Å².